The summed E-state index contributed by atoms with van der Waals surface area (Å²) in [6.45, 7) is 3.50. The van der Waals surface area contributed by atoms with E-state index in [2.05, 4.69) is 26.2 Å². The van der Waals surface area contributed by atoms with Crippen molar-refractivity contribution in [3.63, 3.8) is 0 Å². The minimum absolute atomic E-state index is 0.0831. The minimum atomic E-state index is -1.07. The molecule has 0 aromatic heterocycles. The standard InChI is InChI=1S/C15H14BrFN4O2/c1-3-19-14(22)21-13(10-6-9(16)4-5-12(10)17)11(7-18)8(2)20-15(21)23/h4-6,11,13H,3H2,1-2H3,(H,19,22). The molecule has 4 amide bonds. The summed E-state index contributed by atoms with van der Waals surface area (Å²) in [5.41, 5.74) is 0.335. The lowest BCUT2D eigenvalue weighted by molar-refractivity contribution is 0.166. The molecule has 0 bridgehead atoms. The average molecular weight is 381 g/mol. The lowest BCUT2D eigenvalue weighted by Crippen LogP contribution is -2.50. The Morgan fingerprint density at radius 1 is 1.57 bits per heavy atom. The Balaban J connectivity index is 2.63. The van der Waals surface area contributed by atoms with E-state index >= 15 is 0 Å². The predicted octanol–water partition coefficient (Wildman–Crippen LogP) is 3.40. The van der Waals surface area contributed by atoms with Gasteiger partial charge in [-0.1, -0.05) is 15.9 Å². The number of aliphatic imine (C=N–C) groups is 1. The van der Waals surface area contributed by atoms with Crippen LogP contribution >= 0.6 is 15.9 Å². The Hall–Kier alpha value is -2.27. The maximum atomic E-state index is 14.3. The van der Waals surface area contributed by atoms with Crippen molar-refractivity contribution < 1.29 is 14.0 Å². The van der Waals surface area contributed by atoms with Crippen molar-refractivity contribution in [1.82, 2.24) is 10.2 Å². The fraction of sp³-hybridized carbons (Fsp3) is 0.333. The monoisotopic (exact) mass is 380 g/mol. The zero-order chi connectivity index (χ0) is 17.1. The van der Waals surface area contributed by atoms with Gasteiger partial charge < -0.3 is 5.32 Å². The van der Waals surface area contributed by atoms with Crippen LogP contribution in [0.2, 0.25) is 0 Å². The van der Waals surface area contributed by atoms with Gasteiger partial charge in [0.1, 0.15) is 11.7 Å². The number of nitrogens with one attached hydrogen (secondary N) is 1. The molecule has 1 aliphatic rings. The first-order valence-electron chi connectivity index (χ1n) is 6.91. The Morgan fingerprint density at radius 3 is 2.87 bits per heavy atom. The van der Waals surface area contributed by atoms with Crippen LogP contribution in [-0.4, -0.2) is 29.2 Å². The van der Waals surface area contributed by atoms with Gasteiger partial charge in [-0.25, -0.2) is 23.9 Å². The maximum absolute atomic E-state index is 14.3. The van der Waals surface area contributed by atoms with Crippen LogP contribution in [0.1, 0.15) is 25.5 Å². The number of urea groups is 2. The van der Waals surface area contributed by atoms with Crippen molar-refractivity contribution in [3.05, 3.63) is 34.1 Å². The second-order valence-corrected chi connectivity index (χ2v) is 5.87. The molecule has 1 N–H and O–H groups in total. The zero-order valence-corrected chi connectivity index (χ0v) is 14.1. The average Bonchev–Trinajstić information content (AvgIpc) is 2.49. The first-order chi connectivity index (χ1) is 10.9. The van der Waals surface area contributed by atoms with Crippen LogP contribution in [0, 0.1) is 23.1 Å². The second kappa shape index (κ2) is 6.87. The van der Waals surface area contributed by atoms with Crippen LogP contribution in [0.5, 0.6) is 0 Å². The highest BCUT2D eigenvalue weighted by Gasteiger charge is 2.43. The molecule has 2 unspecified atom stereocenters. The number of halogens is 2. The Labute approximate surface area is 141 Å². The van der Waals surface area contributed by atoms with Crippen LogP contribution in [0.25, 0.3) is 0 Å². The second-order valence-electron chi connectivity index (χ2n) is 4.96. The van der Waals surface area contributed by atoms with E-state index in [1.54, 1.807) is 6.92 Å². The maximum Gasteiger partial charge on any atom is 0.352 e. The van der Waals surface area contributed by atoms with Gasteiger partial charge in [-0.3, -0.25) is 0 Å². The van der Waals surface area contributed by atoms with E-state index in [1.165, 1.54) is 25.1 Å². The molecule has 0 saturated heterocycles. The number of carbonyl (C=O) groups is 2. The number of nitriles is 1. The van der Waals surface area contributed by atoms with Gasteiger partial charge in [0.25, 0.3) is 0 Å². The Bertz CT molecular complexity index is 729. The lowest BCUT2D eigenvalue weighted by Gasteiger charge is -2.35. The molecule has 120 valence electrons. The Morgan fingerprint density at radius 2 is 2.26 bits per heavy atom. The molecule has 1 heterocycles. The van der Waals surface area contributed by atoms with Crippen molar-refractivity contribution in [2.45, 2.75) is 19.9 Å². The molecule has 0 saturated carbocycles. The fourth-order valence-corrected chi connectivity index (χ4v) is 2.82. The molecule has 6 nitrogen and oxygen atoms in total. The van der Waals surface area contributed by atoms with Crippen molar-refractivity contribution in [2.75, 3.05) is 6.54 Å². The minimum Gasteiger partial charge on any atom is -0.338 e. The Kier molecular flexibility index (Phi) is 5.11. The van der Waals surface area contributed by atoms with Crippen molar-refractivity contribution in [2.24, 2.45) is 10.9 Å². The first-order valence-corrected chi connectivity index (χ1v) is 7.70. The topological polar surface area (TPSA) is 85.6 Å². The molecule has 1 aromatic carbocycles. The molecule has 23 heavy (non-hydrogen) atoms. The third-order valence-corrected chi connectivity index (χ3v) is 3.98. The number of rotatable bonds is 2. The van der Waals surface area contributed by atoms with Crippen LogP contribution in [0.4, 0.5) is 14.0 Å². The number of benzene rings is 1. The largest absolute Gasteiger partial charge is 0.352 e. The van der Waals surface area contributed by atoms with Gasteiger partial charge in [0.2, 0.25) is 0 Å². The smallest absolute Gasteiger partial charge is 0.338 e. The van der Waals surface area contributed by atoms with Crippen LogP contribution in [0.3, 0.4) is 0 Å². The molecule has 2 rings (SSSR count). The van der Waals surface area contributed by atoms with E-state index in [4.69, 9.17) is 0 Å². The number of amides is 4. The van der Waals surface area contributed by atoms with Crippen molar-refractivity contribution in [1.29, 1.82) is 5.26 Å². The molecule has 0 aliphatic carbocycles. The van der Waals surface area contributed by atoms with E-state index in [0.29, 0.717) is 4.47 Å². The summed E-state index contributed by atoms with van der Waals surface area (Å²) in [7, 11) is 0. The molecule has 2 atom stereocenters. The van der Waals surface area contributed by atoms with Gasteiger partial charge in [-0.2, -0.15) is 5.26 Å². The zero-order valence-electron chi connectivity index (χ0n) is 12.5. The van der Waals surface area contributed by atoms with Crippen LogP contribution in [-0.2, 0) is 0 Å². The molecule has 8 heteroatoms. The van der Waals surface area contributed by atoms with E-state index in [0.717, 1.165) is 4.90 Å². The van der Waals surface area contributed by atoms with Gasteiger partial charge in [-0.15, -0.1) is 0 Å². The summed E-state index contributed by atoms with van der Waals surface area (Å²) in [6, 6.07) is 3.59. The highest BCUT2D eigenvalue weighted by Crippen LogP contribution is 2.36. The van der Waals surface area contributed by atoms with Gasteiger partial charge in [-0.05, 0) is 32.0 Å². The summed E-state index contributed by atoms with van der Waals surface area (Å²) < 4.78 is 14.9. The molecule has 1 aliphatic heterocycles. The number of hydrogen-bond donors (Lipinski definition) is 1. The first kappa shape index (κ1) is 17.1. The number of imide groups is 1. The van der Waals surface area contributed by atoms with Gasteiger partial charge in [0.05, 0.1) is 12.1 Å². The van der Waals surface area contributed by atoms with E-state index in [-0.39, 0.29) is 17.8 Å². The van der Waals surface area contributed by atoms with Crippen LogP contribution < -0.4 is 5.32 Å². The molecular weight excluding hydrogens is 367 g/mol. The van der Waals surface area contributed by atoms with Crippen LogP contribution in [0.15, 0.2) is 27.7 Å². The predicted molar refractivity (Wildman–Crippen MR) is 85.4 cm³/mol. The normalized spacial score (nSPS) is 20.7. The summed E-state index contributed by atoms with van der Waals surface area (Å²) in [6.07, 6.45) is 0. The van der Waals surface area contributed by atoms with Gasteiger partial charge in [0, 0.05) is 22.3 Å². The van der Waals surface area contributed by atoms with E-state index in [1.807, 2.05) is 6.07 Å². The SMILES string of the molecule is CCNC(=O)N1C(=O)N=C(C)C(C#N)C1c1cc(Br)ccc1F. The fourth-order valence-electron chi connectivity index (χ4n) is 2.44. The van der Waals surface area contributed by atoms with Crippen molar-refractivity contribution in [3.8, 4) is 6.07 Å². The van der Waals surface area contributed by atoms with Gasteiger partial charge >= 0.3 is 12.1 Å². The molecule has 0 radical (unpaired) electrons. The number of nitrogens with zero attached hydrogens (tertiary/aromatic N) is 3. The summed E-state index contributed by atoms with van der Waals surface area (Å²) in [5, 5.41) is 11.9. The third-order valence-electron chi connectivity index (χ3n) is 3.48. The highest BCUT2D eigenvalue weighted by atomic mass is 79.9. The summed E-state index contributed by atoms with van der Waals surface area (Å²) in [4.78, 5) is 29.0. The lowest BCUT2D eigenvalue weighted by atomic mass is 9.88. The van der Waals surface area contributed by atoms with E-state index < -0.39 is 29.8 Å². The number of hydrogen-bond acceptors (Lipinski definition) is 3. The third kappa shape index (κ3) is 3.24. The van der Waals surface area contributed by atoms with Gasteiger partial charge in [0.15, 0.2) is 0 Å². The molecular formula is C15H14BrFN4O2. The highest BCUT2D eigenvalue weighted by molar-refractivity contribution is 9.10. The molecule has 0 spiro atoms. The van der Waals surface area contributed by atoms with Crippen molar-refractivity contribution >= 4 is 33.7 Å². The number of carbonyl (C=O) groups excluding carboxylic acids is 2. The molecule has 0 fully saturated rings. The van der Waals surface area contributed by atoms with E-state index in [9.17, 15) is 19.2 Å². The summed E-state index contributed by atoms with van der Waals surface area (Å²) in [5.74, 6) is -1.52. The quantitative estimate of drug-likeness (QED) is 0.852. The summed E-state index contributed by atoms with van der Waals surface area (Å²) >= 11 is 3.24. The molecule has 1 aromatic rings.